The molecule has 0 N–H and O–H groups in total. The fourth-order valence-electron chi connectivity index (χ4n) is 2.38. The van der Waals surface area contributed by atoms with Crippen LogP contribution in [0.5, 0.6) is 0 Å². The Bertz CT molecular complexity index is 537. The van der Waals surface area contributed by atoms with E-state index in [1.165, 1.54) is 12.1 Å². The highest BCUT2D eigenvalue weighted by molar-refractivity contribution is 5.94. The highest BCUT2D eigenvalue weighted by Crippen LogP contribution is 2.36. The molecule has 2 nitrogen and oxygen atoms in total. The van der Waals surface area contributed by atoms with E-state index in [-0.39, 0.29) is 11.5 Å². The van der Waals surface area contributed by atoms with Gasteiger partial charge in [-0.05, 0) is 50.3 Å². The molecule has 1 saturated carbocycles. The van der Waals surface area contributed by atoms with Crippen molar-refractivity contribution in [3.8, 4) is 0 Å². The van der Waals surface area contributed by atoms with Crippen molar-refractivity contribution in [3.63, 3.8) is 0 Å². The molecule has 0 saturated heterocycles. The monoisotopic (exact) mass is 303 g/mol. The van der Waals surface area contributed by atoms with E-state index in [1.54, 1.807) is 13.8 Å². The van der Waals surface area contributed by atoms with Crippen molar-refractivity contribution in [2.45, 2.75) is 38.9 Å². The topological polar surface area (TPSA) is 20.3 Å². The summed E-state index contributed by atoms with van der Waals surface area (Å²) in [5.41, 5.74) is 0.305. The van der Waals surface area contributed by atoms with E-state index in [0.717, 1.165) is 23.8 Å². The van der Waals surface area contributed by atoms with Crippen LogP contribution in [-0.2, 0) is 0 Å². The average molecular weight is 303 g/mol. The first-order valence-electron chi connectivity index (χ1n) is 6.83. The lowest BCUT2D eigenvalue weighted by Crippen LogP contribution is -2.45. The molecule has 1 unspecified atom stereocenters. The molecule has 0 spiro atoms. The molecule has 1 fully saturated rings. The van der Waals surface area contributed by atoms with Crippen molar-refractivity contribution >= 4 is 5.91 Å². The van der Waals surface area contributed by atoms with E-state index in [1.807, 2.05) is 0 Å². The van der Waals surface area contributed by atoms with Gasteiger partial charge >= 0.3 is 6.18 Å². The standard InChI is InChI=1S/C15H17F4NO/c1-9-3-6-12(13(16)7-9)14(21)20(8-15(17,18)19)10(2)11-4-5-11/h3,6-7,10-11H,4-5,8H2,1-2H3. The number of carbonyl (C=O) groups is 1. The van der Waals surface area contributed by atoms with Crippen molar-refractivity contribution in [1.82, 2.24) is 4.90 Å². The zero-order chi connectivity index (χ0) is 15.8. The number of hydrogen-bond acceptors (Lipinski definition) is 1. The van der Waals surface area contributed by atoms with Gasteiger partial charge in [0.2, 0.25) is 0 Å². The molecule has 0 aromatic heterocycles. The molecular formula is C15H17F4NO. The summed E-state index contributed by atoms with van der Waals surface area (Å²) in [5, 5.41) is 0. The summed E-state index contributed by atoms with van der Waals surface area (Å²) in [7, 11) is 0. The number of hydrogen-bond donors (Lipinski definition) is 0. The second-order valence-corrected chi connectivity index (χ2v) is 5.61. The van der Waals surface area contributed by atoms with Crippen LogP contribution in [0.25, 0.3) is 0 Å². The first-order valence-corrected chi connectivity index (χ1v) is 6.83. The maximum absolute atomic E-state index is 13.8. The molecular weight excluding hydrogens is 286 g/mol. The number of carbonyl (C=O) groups excluding carboxylic acids is 1. The molecule has 2 rings (SSSR count). The Labute approximate surface area is 120 Å². The lowest BCUT2D eigenvalue weighted by atomic mass is 10.1. The van der Waals surface area contributed by atoms with Gasteiger partial charge < -0.3 is 4.90 Å². The molecule has 1 aromatic carbocycles. The van der Waals surface area contributed by atoms with E-state index in [4.69, 9.17) is 0 Å². The second-order valence-electron chi connectivity index (χ2n) is 5.61. The minimum absolute atomic E-state index is 0.0739. The summed E-state index contributed by atoms with van der Waals surface area (Å²) >= 11 is 0. The van der Waals surface area contributed by atoms with Crippen LogP contribution < -0.4 is 0 Å². The average Bonchev–Trinajstić information content (AvgIpc) is 3.17. The van der Waals surface area contributed by atoms with Crippen molar-refractivity contribution < 1.29 is 22.4 Å². The maximum atomic E-state index is 13.8. The molecule has 6 heteroatoms. The highest BCUT2D eigenvalue weighted by Gasteiger charge is 2.41. The number of nitrogens with zero attached hydrogens (tertiary/aromatic N) is 1. The van der Waals surface area contributed by atoms with E-state index < -0.39 is 30.5 Å². The van der Waals surface area contributed by atoms with Gasteiger partial charge in [-0.2, -0.15) is 13.2 Å². The number of halogens is 4. The third-order valence-electron chi connectivity index (χ3n) is 3.76. The summed E-state index contributed by atoms with van der Waals surface area (Å²) < 4.78 is 52.0. The molecule has 116 valence electrons. The third kappa shape index (κ3) is 3.95. The molecule has 1 amide bonds. The lowest BCUT2D eigenvalue weighted by molar-refractivity contribution is -0.144. The van der Waals surface area contributed by atoms with Gasteiger partial charge in [0.25, 0.3) is 5.91 Å². The Morgan fingerprint density at radius 3 is 2.48 bits per heavy atom. The smallest absolute Gasteiger partial charge is 0.326 e. The van der Waals surface area contributed by atoms with Gasteiger partial charge in [0.05, 0.1) is 5.56 Å². The maximum Gasteiger partial charge on any atom is 0.406 e. The quantitative estimate of drug-likeness (QED) is 0.772. The van der Waals surface area contributed by atoms with Crippen LogP contribution in [0.2, 0.25) is 0 Å². The van der Waals surface area contributed by atoms with Crippen LogP contribution in [0.1, 0.15) is 35.7 Å². The largest absolute Gasteiger partial charge is 0.406 e. The zero-order valence-electron chi connectivity index (χ0n) is 11.9. The third-order valence-corrected chi connectivity index (χ3v) is 3.76. The molecule has 0 bridgehead atoms. The fourth-order valence-corrected chi connectivity index (χ4v) is 2.38. The van der Waals surface area contributed by atoms with Gasteiger partial charge in [0.15, 0.2) is 0 Å². The Morgan fingerprint density at radius 1 is 1.38 bits per heavy atom. The van der Waals surface area contributed by atoms with Gasteiger partial charge in [0.1, 0.15) is 12.4 Å². The second kappa shape index (κ2) is 5.66. The van der Waals surface area contributed by atoms with Gasteiger partial charge in [-0.25, -0.2) is 4.39 Å². The van der Waals surface area contributed by atoms with E-state index >= 15 is 0 Å². The predicted octanol–water partition coefficient (Wildman–Crippen LogP) is 3.94. The van der Waals surface area contributed by atoms with Gasteiger partial charge in [-0.15, -0.1) is 0 Å². The number of rotatable bonds is 4. The van der Waals surface area contributed by atoms with Gasteiger partial charge in [0, 0.05) is 6.04 Å². The van der Waals surface area contributed by atoms with Crippen molar-refractivity contribution in [2.75, 3.05) is 6.54 Å². The van der Waals surface area contributed by atoms with Crippen LogP contribution in [0, 0.1) is 18.7 Å². The normalized spacial score (nSPS) is 16.7. The highest BCUT2D eigenvalue weighted by atomic mass is 19.4. The first-order chi connectivity index (χ1) is 9.69. The number of benzene rings is 1. The van der Waals surface area contributed by atoms with Crippen molar-refractivity contribution in [2.24, 2.45) is 5.92 Å². The molecule has 0 radical (unpaired) electrons. The Kier molecular flexibility index (Phi) is 4.25. The van der Waals surface area contributed by atoms with Crippen LogP contribution in [-0.4, -0.2) is 29.6 Å². The Hall–Kier alpha value is -1.59. The lowest BCUT2D eigenvalue weighted by Gasteiger charge is -2.30. The molecule has 0 aliphatic heterocycles. The van der Waals surface area contributed by atoms with Gasteiger partial charge in [-0.1, -0.05) is 6.07 Å². The molecule has 1 aliphatic carbocycles. The molecule has 0 heterocycles. The van der Waals surface area contributed by atoms with Crippen molar-refractivity contribution in [1.29, 1.82) is 0 Å². The Balaban J connectivity index is 2.28. The van der Waals surface area contributed by atoms with Crippen LogP contribution in [0.4, 0.5) is 17.6 Å². The van der Waals surface area contributed by atoms with E-state index in [0.29, 0.717) is 5.56 Å². The summed E-state index contributed by atoms with van der Waals surface area (Å²) in [6.45, 7) is 1.89. The molecule has 1 atom stereocenters. The summed E-state index contributed by atoms with van der Waals surface area (Å²) in [6, 6.07) is 3.38. The van der Waals surface area contributed by atoms with Crippen LogP contribution >= 0.6 is 0 Å². The molecule has 1 aliphatic rings. The first kappa shape index (κ1) is 15.8. The predicted molar refractivity (Wildman–Crippen MR) is 70.4 cm³/mol. The number of aryl methyl sites for hydroxylation is 1. The number of amides is 1. The molecule has 21 heavy (non-hydrogen) atoms. The van der Waals surface area contributed by atoms with Crippen molar-refractivity contribution in [3.05, 3.63) is 35.1 Å². The fraction of sp³-hybridized carbons (Fsp3) is 0.533. The minimum atomic E-state index is -4.50. The number of alkyl halides is 3. The van der Waals surface area contributed by atoms with Crippen LogP contribution in [0.3, 0.4) is 0 Å². The summed E-state index contributed by atoms with van der Waals surface area (Å²) in [4.78, 5) is 13.1. The van der Waals surface area contributed by atoms with E-state index in [9.17, 15) is 22.4 Å². The summed E-state index contributed by atoms with van der Waals surface area (Å²) in [5.74, 6) is -1.61. The SMILES string of the molecule is Cc1ccc(C(=O)N(CC(F)(F)F)C(C)C2CC2)c(F)c1. The molecule has 1 aromatic rings. The zero-order valence-corrected chi connectivity index (χ0v) is 11.9. The van der Waals surface area contributed by atoms with Crippen LogP contribution in [0.15, 0.2) is 18.2 Å². The summed E-state index contributed by atoms with van der Waals surface area (Å²) in [6.07, 6.45) is -2.89. The van der Waals surface area contributed by atoms with E-state index in [2.05, 4.69) is 0 Å². The Morgan fingerprint density at radius 2 is 2.00 bits per heavy atom. The minimum Gasteiger partial charge on any atom is -0.326 e. The van der Waals surface area contributed by atoms with Gasteiger partial charge in [-0.3, -0.25) is 4.79 Å².